The molecule has 3 rings (SSSR count). The number of fused-ring (bicyclic) bond motifs is 1. The van der Waals surface area contributed by atoms with Crippen molar-refractivity contribution in [2.45, 2.75) is 49.6 Å². The van der Waals surface area contributed by atoms with E-state index >= 15 is 0 Å². The van der Waals surface area contributed by atoms with E-state index in [-0.39, 0.29) is 16.8 Å². The zero-order valence-electron chi connectivity index (χ0n) is 12.8. The highest BCUT2D eigenvalue weighted by Crippen LogP contribution is 2.47. The van der Waals surface area contributed by atoms with Crippen LogP contribution in [0.1, 0.15) is 32.6 Å². The molecule has 2 heterocycles. The molecular formula is C14H19N3O5S. The van der Waals surface area contributed by atoms with E-state index < -0.39 is 30.6 Å². The van der Waals surface area contributed by atoms with Crippen molar-refractivity contribution >= 4 is 35.6 Å². The van der Waals surface area contributed by atoms with E-state index in [0.29, 0.717) is 18.6 Å². The van der Waals surface area contributed by atoms with Crippen LogP contribution < -0.4 is 10.6 Å². The van der Waals surface area contributed by atoms with E-state index in [1.54, 1.807) is 16.7 Å². The van der Waals surface area contributed by atoms with Crippen molar-refractivity contribution in [3.8, 4) is 0 Å². The Kier molecular flexibility index (Phi) is 4.22. The van der Waals surface area contributed by atoms with E-state index in [4.69, 9.17) is 4.74 Å². The first-order chi connectivity index (χ1) is 10.9. The fraction of sp³-hybridized carbons (Fsp3) is 0.714. The van der Waals surface area contributed by atoms with Gasteiger partial charge in [-0.15, -0.1) is 11.8 Å². The summed E-state index contributed by atoms with van der Waals surface area (Å²) in [5.74, 6) is -0.884. The number of carbonyl (C=O) groups excluding carboxylic acids is 4. The molecule has 0 aromatic carbocycles. The van der Waals surface area contributed by atoms with Crippen LogP contribution in [0.5, 0.6) is 0 Å². The predicted molar refractivity (Wildman–Crippen MR) is 81.4 cm³/mol. The Morgan fingerprint density at radius 2 is 2.13 bits per heavy atom. The standard InChI is InChI=1S/C14H19N3O5S/c1-14-5-4-11(19)17(14)9(7-23-14)12(20)22-6-10(18)16-13(21)15-8-2-3-8/h8-9H,2-7H2,1H3,(H2,15,16,18,21)/t9-,14-/m1/s1. The van der Waals surface area contributed by atoms with Crippen LogP contribution in [0.4, 0.5) is 4.79 Å². The van der Waals surface area contributed by atoms with Crippen LogP contribution in [0.3, 0.4) is 0 Å². The summed E-state index contributed by atoms with van der Waals surface area (Å²) in [4.78, 5) is 48.3. The van der Waals surface area contributed by atoms with E-state index in [0.717, 1.165) is 12.8 Å². The fourth-order valence-corrected chi connectivity index (χ4v) is 4.26. The zero-order valence-corrected chi connectivity index (χ0v) is 13.6. The zero-order chi connectivity index (χ0) is 16.6. The van der Waals surface area contributed by atoms with Gasteiger partial charge in [-0.3, -0.25) is 14.9 Å². The van der Waals surface area contributed by atoms with Gasteiger partial charge >= 0.3 is 12.0 Å². The van der Waals surface area contributed by atoms with Crippen molar-refractivity contribution < 1.29 is 23.9 Å². The third-order valence-corrected chi connectivity index (χ3v) is 5.73. The molecule has 3 aliphatic rings. The third kappa shape index (κ3) is 3.44. The average molecular weight is 341 g/mol. The monoisotopic (exact) mass is 341 g/mol. The summed E-state index contributed by atoms with van der Waals surface area (Å²) < 4.78 is 4.97. The molecule has 2 saturated heterocycles. The molecular weight excluding hydrogens is 322 g/mol. The van der Waals surface area contributed by atoms with Gasteiger partial charge in [-0.05, 0) is 26.2 Å². The van der Waals surface area contributed by atoms with E-state index in [1.807, 2.05) is 6.92 Å². The Balaban J connectivity index is 1.46. The molecule has 1 aliphatic carbocycles. The van der Waals surface area contributed by atoms with Gasteiger partial charge in [0.15, 0.2) is 6.61 Å². The highest BCUT2D eigenvalue weighted by molar-refractivity contribution is 8.01. The topological polar surface area (TPSA) is 105 Å². The molecule has 126 valence electrons. The van der Waals surface area contributed by atoms with Gasteiger partial charge in [0.2, 0.25) is 5.91 Å². The van der Waals surface area contributed by atoms with E-state index in [1.165, 1.54) is 0 Å². The largest absolute Gasteiger partial charge is 0.454 e. The van der Waals surface area contributed by atoms with Gasteiger partial charge in [0.25, 0.3) is 5.91 Å². The van der Waals surface area contributed by atoms with Crippen LogP contribution in [-0.4, -0.2) is 58.0 Å². The van der Waals surface area contributed by atoms with E-state index in [2.05, 4.69) is 10.6 Å². The molecule has 2 N–H and O–H groups in total. The Morgan fingerprint density at radius 1 is 1.39 bits per heavy atom. The maximum atomic E-state index is 12.1. The molecule has 23 heavy (non-hydrogen) atoms. The van der Waals surface area contributed by atoms with Crippen LogP contribution in [0.2, 0.25) is 0 Å². The maximum Gasteiger partial charge on any atom is 0.330 e. The average Bonchev–Trinajstić information content (AvgIpc) is 3.15. The van der Waals surface area contributed by atoms with Crippen molar-refractivity contribution in [3.05, 3.63) is 0 Å². The molecule has 1 saturated carbocycles. The lowest BCUT2D eigenvalue weighted by Crippen LogP contribution is -2.47. The fourth-order valence-electron chi connectivity index (χ4n) is 2.84. The van der Waals surface area contributed by atoms with Crippen LogP contribution >= 0.6 is 11.8 Å². The first-order valence-electron chi connectivity index (χ1n) is 7.62. The molecule has 2 aliphatic heterocycles. The van der Waals surface area contributed by atoms with Crippen LogP contribution in [0, 0.1) is 0 Å². The van der Waals surface area contributed by atoms with Gasteiger partial charge in [-0.2, -0.15) is 0 Å². The minimum Gasteiger partial charge on any atom is -0.454 e. The minimum atomic E-state index is -0.683. The van der Waals surface area contributed by atoms with Gasteiger partial charge < -0.3 is 15.0 Å². The van der Waals surface area contributed by atoms with Gasteiger partial charge in [0, 0.05) is 18.2 Å². The third-order valence-electron chi connectivity index (χ3n) is 4.23. The molecule has 0 radical (unpaired) electrons. The van der Waals surface area contributed by atoms with Gasteiger partial charge in [0.05, 0.1) is 4.87 Å². The number of nitrogens with zero attached hydrogens (tertiary/aromatic N) is 1. The van der Waals surface area contributed by atoms with Crippen molar-refractivity contribution in [2.75, 3.05) is 12.4 Å². The number of hydrogen-bond acceptors (Lipinski definition) is 6. The Bertz CT molecular complexity index is 565. The molecule has 2 atom stereocenters. The Labute approximate surface area is 137 Å². The summed E-state index contributed by atoms with van der Waals surface area (Å²) in [5, 5.41) is 4.71. The lowest BCUT2D eigenvalue weighted by Gasteiger charge is -2.29. The molecule has 0 unspecified atom stereocenters. The van der Waals surface area contributed by atoms with Crippen LogP contribution in [0.25, 0.3) is 0 Å². The summed E-state index contributed by atoms with van der Waals surface area (Å²) in [7, 11) is 0. The molecule has 0 aromatic heterocycles. The summed E-state index contributed by atoms with van der Waals surface area (Å²) in [6.07, 6.45) is 2.97. The lowest BCUT2D eigenvalue weighted by atomic mass is 10.2. The van der Waals surface area contributed by atoms with Crippen molar-refractivity contribution in [1.82, 2.24) is 15.5 Å². The van der Waals surface area contributed by atoms with Crippen molar-refractivity contribution in [1.29, 1.82) is 0 Å². The number of urea groups is 1. The number of esters is 1. The smallest absolute Gasteiger partial charge is 0.330 e. The summed E-state index contributed by atoms with van der Waals surface area (Å²) in [6.45, 7) is 1.40. The molecule has 3 fully saturated rings. The Hall–Kier alpha value is -1.77. The summed E-state index contributed by atoms with van der Waals surface area (Å²) in [5.41, 5.74) is 0. The predicted octanol–water partition coefficient (Wildman–Crippen LogP) is -0.0282. The minimum absolute atomic E-state index is 0.0623. The number of rotatable bonds is 4. The highest BCUT2D eigenvalue weighted by Gasteiger charge is 2.53. The molecule has 0 bridgehead atoms. The van der Waals surface area contributed by atoms with Gasteiger partial charge in [-0.25, -0.2) is 9.59 Å². The number of imide groups is 1. The summed E-state index contributed by atoms with van der Waals surface area (Å²) in [6, 6.07) is -1.10. The second-order valence-corrected chi connectivity index (χ2v) is 7.67. The second kappa shape index (κ2) is 6.03. The molecule has 9 heteroatoms. The molecule has 8 nitrogen and oxygen atoms in total. The number of hydrogen-bond donors (Lipinski definition) is 2. The Morgan fingerprint density at radius 3 is 2.83 bits per heavy atom. The SMILES string of the molecule is C[C@@]12CCC(=O)N1[C@@H](C(=O)OCC(=O)NC(=O)NC1CC1)CS2. The van der Waals surface area contributed by atoms with Gasteiger partial charge in [-0.1, -0.05) is 0 Å². The lowest BCUT2D eigenvalue weighted by molar-refractivity contribution is -0.156. The number of nitrogens with one attached hydrogen (secondary N) is 2. The molecule has 0 aromatic rings. The second-order valence-electron chi connectivity index (χ2n) is 6.17. The van der Waals surface area contributed by atoms with Gasteiger partial charge in [0.1, 0.15) is 6.04 Å². The number of thioether (sulfide) groups is 1. The summed E-state index contributed by atoms with van der Waals surface area (Å²) >= 11 is 1.55. The van der Waals surface area contributed by atoms with Crippen molar-refractivity contribution in [2.24, 2.45) is 0 Å². The number of amides is 4. The van der Waals surface area contributed by atoms with Crippen molar-refractivity contribution in [3.63, 3.8) is 0 Å². The highest BCUT2D eigenvalue weighted by atomic mass is 32.2. The number of ether oxygens (including phenoxy) is 1. The molecule has 4 amide bonds. The van der Waals surface area contributed by atoms with Crippen LogP contribution in [-0.2, 0) is 19.1 Å². The quantitative estimate of drug-likeness (QED) is 0.696. The molecule has 0 spiro atoms. The number of carbonyl (C=O) groups is 4. The van der Waals surface area contributed by atoms with Crippen LogP contribution in [0.15, 0.2) is 0 Å². The normalized spacial score (nSPS) is 29.2. The first-order valence-corrected chi connectivity index (χ1v) is 8.61. The maximum absolute atomic E-state index is 12.1. The van der Waals surface area contributed by atoms with E-state index in [9.17, 15) is 19.2 Å². The first kappa shape index (κ1) is 16.1.